The van der Waals surface area contributed by atoms with E-state index in [4.69, 9.17) is 5.11 Å². The number of phenols is 1. The summed E-state index contributed by atoms with van der Waals surface area (Å²) in [6, 6.07) is 6.57. The number of hydrogen-bond donors (Lipinski definition) is 3. The highest BCUT2D eigenvalue weighted by Gasteiger charge is 2.06. The lowest BCUT2D eigenvalue weighted by Gasteiger charge is -2.03. The maximum absolute atomic E-state index is 11.4. The van der Waals surface area contributed by atoms with Crippen molar-refractivity contribution in [3.05, 3.63) is 51.6 Å². The molecule has 3 N–H and O–H groups in total. The summed E-state index contributed by atoms with van der Waals surface area (Å²) >= 11 is 0. The van der Waals surface area contributed by atoms with Gasteiger partial charge >= 0.3 is 0 Å². The van der Waals surface area contributed by atoms with Gasteiger partial charge in [0, 0.05) is 6.42 Å². The van der Waals surface area contributed by atoms with Crippen molar-refractivity contribution in [1.29, 1.82) is 0 Å². The van der Waals surface area contributed by atoms with Crippen LogP contribution >= 0.6 is 0 Å². The molecule has 2 aromatic rings. The molecule has 1 aromatic heterocycles. The van der Waals surface area contributed by atoms with Gasteiger partial charge in [-0.25, -0.2) is 0 Å². The standard InChI is InChI=1S/C12H12N2O3/c1-7-11(16)13-10(14-12(7)17)6-8-2-4-9(15)5-3-8/h2-5,15H,6H2,1H3,(H2,13,14,16,17). The Balaban J connectivity index is 2.30. The molecule has 1 aromatic carbocycles. The molecule has 0 fully saturated rings. The van der Waals surface area contributed by atoms with Gasteiger partial charge in [0.25, 0.3) is 5.56 Å². The van der Waals surface area contributed by atoms with Crippen LogP contribution in [0.2, 0.25) is 0 Å². The van der Waals surface area contributed by atoms with E-state index in [-0.39, 0.29) is 22.8 Å². The van der Waals surface area contributed by atoms with E-state index < -0.39 is 0 Å². The molecule has 0 saturated carbocycles. The number of H-pyrrole nitrogens is 1. The Bertz CT molecular complexity index is 588. The van der Waals surface area contributed by atoms with E-state index in [0.717, 1.165) is 5.56 Å². The molecule has 0 spiro atoms. The van der Waals surface area contributed by atoms with Gasteiger partial charge in [-0.1, -0.05) is 12.1 Å². The van der Waals surface area contributed by atoms with Crippen LogP contribution in [0.5, 0.6) is 11.6 Å². The Labute approximate surface area is 97.4 Å². The van der Waals surface area contributed by atoms with Crippen LogP contribution in [0.25, 0.3) is 0 Å². The third kappa shape index (κ3) is 2.44. The molecule has 0 aliphatic heterocycles. The van der Waals surface area contributed by atoms with Gasteiger partial charge in [0.05, 0.1) is 5.56 Å². The quantitative estimate of drug-likeness (QED) is 0.723. The van der Waals surface area contributed by atoms with E-state index in [1.54, 1.807) is 24.3 Å². The molecule has 5 heteroatoms. The van der Waals surface area contributed by atoms with E-state index in [0.29, 0.717) is 12.2 Å². The smallest absolute Gasteiger partial charge is 0.257 e. The molecule has 1 heterocycles. The summed E-state index contributed by atoms with van der Waals surface area (Å²) in [4.78, 5) is 17.9. The van der Waals surface area contributed by atoms with Gasteiger partial charge in [-0.15, -0.1) is 0 Å². The fourth-order valence-electron chi connectivity index (χ4n) is 1.46. The van der Waals surface area contributed by atoms with Crippen LogP contribution in [0.3, 0.4) is 0 Å². The summed E-state index contributed by atoms with van der Waals surface area (Å²) in [5, 5.41) is 18.6. The van der Waals surface area contributed by atoms with E-state index in [1.165, 1.54) is 6.92 Å². The molecule has 0 aliphatic carbocycles. The van der Waals surface area contributed by atoms with E-state index in [1.807, 2.05) is 0 Å². The topological polar surface area (TPSA) is 86.2 Å². The highest BCUT2D eigenvalue weighted by molar-refractivity contribution is 5.28. The van der Waals surface area contributed by atoms with Crippen LogP contribution in [0.15, 0.2) is 29.1 Å². The van der Waals surface area contributed by atoms with Gasteiger partial charge in [0.15, 0.2) is 0 Å². The third-order valence-electron chi connectivity index (χ3n) is 2.48. The Morgan fingerprint density at radius 2 is 1.88 bits per heavy atom. The molecule has 0 saturated heterocycles. The molecule has 0 aliphatic rings. The number of nitrogens with one attached hydrogen (secondary N) is 1. The first-order valence-corrected chi connectivity index (χ1v) is 5.13. The Morgan fingerprint density at radius 1 is 1.24 bits per heavy atom. The summed E-state index contributed by atoms with van der Waals surface area (Å²) in [6.07, 6.45) is 0.392. The zero-order valence-corrected chi connectivity index (χ0v) is 9.27. The number of rotatable bonds is 2. The molecule has 0 radical (unpaired) electrons. The second kappa shape index (κ2) is 4.29. The minimum atomic E-state index is -0.341. The second-order valence-corrected chi connectivity index (χ2v) is 3.80. The lowest BCUT2D eigenvalue weighted by Crippen LogP contribution is -2.14. The van der Waals surface area contributed by atoms with Crippen molar-refractivity contribution in [2.45, 2.75) is 13.3 Å². The molecule has 0 atom stereocenters. The van der Waals surface area contributed by atoms with Gasteiger partial charge in [-0.3, -0.25) is 4.79 Å². The van der Waals surface area contributed by atoms with Crippen molar-refractivity contribution in [3.63, 3.8) is 0 Å². The van der Waals surface area contributed by atoms with Crippen molar-refractivity contribution >= 4 is 0 Å². The minimum absolute atomic E-state index is 0.182. The molecular formula is C12H12N2O3. The highest BCUT2D eigenvalue weighted by Crippen LogP contribution is 2.13. The molecule has 0 bridgehead atoms. The zero-order valence-electron chi connectivity index (χ0n) is 9.27. The van der Waals surface area contributed by atoms with Crippen LogP contribution in [-0.2, 0) is 6.42 Å². The highest BCUT2D eigenvalue weighted by atomic mass is 16.3. The van der Waals surface area contributed by atoms with Crippen molar-refractivity contribution in [2.24, 2.45) is 0 Å². The predicted molar refractivity (Wildman–Crippen MR) is 62.2 cm³/mol. The number of aromatic amines is 1. The molecule has 0 amide bonds. The number of hydrogen-bond acceptors (Lipinski definition) is 4. The van der Waals surface area contributed by atoms with Gasteiger partial charge in [-0.05, 0) is 24.6 Å². The first kappa shape index (κ1) is 11.2. The first-order valence-electron chi connectivity index (χ1n) is 5.13. The number of aromatic nitrogens is 2. The lowest BCUT2D eigenvalue weighted by molar-refractivity contribution is 0.443. The Kier molecular flexibility index (Phi) is 2.82. The van der Waals surface area contributed by atoms with Crippen LogP contribution in [0.1, 0.15) is 17.0 Å². The number of nitrogens with zero attached hydrogens (tertiary/aromatic N) is 1. The largest absolute Gasteiger partial charge is 0.508 e. The fraction of sp³-hybridized carbons (Fsp3) is 0.167. The monoisotopic (exact) mass is 232 g/mol. The van der Waals surface area contributed by atoms with E-state index in [9.17, 15) is 9.90 Å². The molecule has 5 nitrogen and oxygen atoms in total. The fourth-order valence-corrected chi connectivity index (χ4v) is 1.46. The van der Waals surface area contributed by atoms with Crippen molar-refractivity contribution < 1.29 is 10.2 Å². The molecule has 2 rings (SSSR count). The van der Waals surface area contributed by atoms with Crippen LogP contribution in [0, 0.1) is 6.92 Å². The molecule has 17 heavy (non-hydrogen) atoms. The average molecular weight is 232 g/mol. The minimum Gasteiger partial charge on any atom is -0.508 e. The number of phenolic OH excluding ortho intramolecular Hbond substituents is 1. The molecule has 88 valence electrons. The summed E-state index contributed by atoms with van der Waals surface area (Å²) in [5.41, 5.74) is 0.750. The summed E-state index contributed by atoms with van der Waals surface area (Å²) < 4.78 is 0. The van der Waals surface area contributed by atoms with Crippen LogP contribution in [-0.4, -0.2) is 20.2 Å². The third-order valence-corrected chi connectivity index (χ3v) is 2.48. The summed E-state index contributed by atoms with van der Waals surface area (Å²) in [5.74, 6) is 0.327. The summed E-state index contributed by atoms with van der Waals surface area (Å²) in [6.45, 7) is 1.51. The first-order chi connectivity index (χ1) is 8.06. The molecule has 0 unspecified atom stereocenters. The van der Waals surface area contributed by atoms with Crippen LogP contribution in [0.4, 0.5) is 0 Å². The van der Waals surface area contributed by atoms with Crippen LogP contribution < -0.4 is 5.56 Å². The van der Waals surface area contributed by atoms with Crippen molar-refractivity contribution in [1.82, 2.24) is 9.97 Å². The maximum Gasteiger partial charge on any atom is 0.257 e. The van der Waals surface area contributed by atoms with Gasteiger partial charge in [0.1, 0.15) is 11.6 Å². The van der Waals surface area contributed by atoms with Gasteiger partial charge in [0.2, 0.25) is 5.88 Å². The Hall–Kier alpha value is -2.30. The van der Waals surface area contributed by atoms with Crippen molar-refractivity contribution in [3.8, 4) is 11.6 Å². The van der Waals surface area contributed by atoms with Gasteiger partial charge < -0.3 is 15.2 Å². The SMILES string of the molecule is Cc1c(O)nc(Cc2ccc(O)cc2)[nH]c1=O. The predicted octanol–water partition coefficient (Wildman–Crippen LogP) is 1.08. The normalized spacial score (nSPS) is 10.4. The van der Waals surface area contributed by atoms with Crippen molar-refractivity contribution in [2.75, 3.05) is 0 Å². The van der Waals surface area contributed by atoms with E-state index in [2.05, 4.69) is 9.97 Å². The number of aromatic hydroxyl groups is 2. The lowest BCUT2D eigenvalue weighted by atomic mass is 10.1. The molecular weight excluding hydrogens is 220 g/mol. The second-order valence-electron chi connectivity index (χ2n) is 3.80. The maximum atomic E-state index is 11.4. The Morgan fingerprint density at radius 3 is 2.47 bits per heavy atom. The zero-order chi connectivity index (χ0) is 12.4. The van der Waals surface area contributed by atoms with Gasteiger partial charge in [-0.2, -0.15) is 4.98 Å². The summed E-state index contributed by atoms with van der Waals surface area (Å²) in [7, 11) is 0. The average Bonchev–Trinajstić information content (AvgIpc) is 2.29. The number of benzene rings is 1. The van der Waals surface area contributed by atoms with E-state index >= 15 is 0 Å².